The molecule has 0 atom stereocenters. The fourth-order valence-corrected chi connectivity index (χ4v) is 2.25. The van der Waals surface area contributed by atoms with Crippen LogP contribution >= 0.6 is 0 Å². The highest BCUT2D eigenvalue weighted by molar-refractivity contribution is 7.89. The lowest BCUT2D eigenvalue weighted by atomic mass is 10.1. The van der Waals surface area contributed by atoms with E-state index in [9.17, 15) is 8.42 Å². The maximum atomic E-state index is 11.3. The second-order valence-electron chi connectivity index (χ2n) is 4.36. The van der Waals surface area contributed by atoms with Gasteiger partial charge in [0, 0.05) is 0 Å². The Bertz CT molecular complexity index is 635. The van der Waals surface area contributed by atoms with E-state index in [1.807, 2.05) is 26.0 Å². The third kappa shape index (κ3) is 2.70. The Labute approximate surface area is 107 Å². The maximum absolute atomic E-state index is 11.3. The number of sulfonamides is 1. The molecule has 0 spiro atoms. The number of rotatable bonds is 4. The predicted molar refractivity (Wildman–Crippen MR) is 71.9 cm³/mol. The maximum Gasteiger partial charge on any atom is 0.211 e. The minimum atomic E-state index is -3.18. The van der Waals surface area contributed by atoms with Crippen LogP contribution in [0.2, 0.25) is 0 Å². The summed E-state index contributed by atoms with van der Waals surface area (Å²) >= 11 is 0. The van der Waals surface area contributed by atoms with Crippen LogP contribution in [0.25, 0.3) is 11.0 Å². The number of nitrogens with zero attached hydrogens (tertiary/aromatic N) is 1. The van der Waals surface area contributed by atoms with Crippen LogP contribution in [0, 0.1) is 13.8 Å². The second-order valence-corrected chi connectivity index (χ2v) is 6.46. The predicted octanol–water partition coefficient (Wildman–Crippen LogP) is 1.62. The molecule has 6 heteroatoms. The van der Waals surface area contributed by atoms with Crippen molar-refractivity contribution < 1.29 is 8.42 Å². The van der Waals surface area contributed by atoms with Crippen molar-refractivity contribution in [1.29, 1.82) is 0 Å². The van der Waals surface area contributed by atoms with Crippen LogP contribution in [0.5, 0.6) is 0 Å². The van der Waals surface area contributed by atoms with E-state index in [-0.39, 0.29) is 12.3 Å². The molecule has 2 rings (SSSR count). The molecular weight excluding hydrogens is 250 g/mol. The average Bonchev–Trinajstić information content (AvgIpc) is 2.69. The summed E-state index contributed by atoms with van der Waals surface area (Å²) in [5.74, 6) is 0.706. The van der Waals surface area contributed by atoms with E-state index in [1.165, 1.54) is 11.1 Å². The van der Waals surface area contributed by atoms with Gasteiger partial charge in [-0.15, -0.1) is 0 Å². The summed E-state index contributed by atoms with van der Waals surface area (Å²) in [4.78, 5) is 7.49. The Morgan fingerprint density at radius 2 is 1.94 bits per heavy atom. The minimum Gasteiger partial charge on any atom is -0.341 e. The van der Waals surface area contributed by atoms with Crippen molar-refractivity contribution >= 4 is 21.1 Å². The normalized spacial score (nSPS) is 12.2. The topological polar surface area (TPSA) is 74.8 Å². The molecule has 0 unspecified atom stereocenters. The van der Waals surface area contributed by atoms with E-state index in [2.05, 4.69) is 14.7 Å². The molecule has 1 aromatic carbocycles. The van der Waals surface area contributed by atoms with E-state index in [1.54, 1.807) is 6.92 Å². The van der Waals surface area contributed by atoms with Gasteiger partial charge in [0.25, 0.3) is 0 Å². The van der Waals surface area contributed by atoms with Crippen LogP contribution in [0.3, 0.4) is 0 Å². The third-order valence-electron chi connectivity index (χ3n) is 2.99. The quantitative estimate of drug-likeness (QED) is 0.884. The molecule has 2 N–H and O–H groups in total. The van der Waals surface area contributed by atoms with Gasteiger partial charge in [-0.2, -0.15) is 0 Å². The van der Waals surface area contributed by atoms with Gasteiger partial charge in [-0.05, 0) is 44.0 Å². The fourth-order valence-electron chi connectivity index (χ4n) is 1.69. The van der Waals surface area contributed by atoms with Crippen molar-refractivity contribution in [3.05, 3.63) is 29.1 Å². The van der Waals surface area contributed by atoms with Crippen molar-refractivity contribution in [3.63, 3.8) is 0 Å². The van der Waals surface area contributed by atoms with Crippen molar-refractivity contribution in [2.24, 2.45) is 0 Å². The fraction of sp³-hybridized carbons (Fsp3) is 0.417. The summed E-state index contributed by atoms with van der Waals surface area (Å²) in [5.41, 5.74) is 4.16. The lowest BCUT2D eigenvalue weighted by Gasteiger charge is -2.00. The standard InChI is InChI=1S/C12H17N3O2S/c1-4-18(16,17)13-7-12-14-10-5-8(2)9(3)6-11(10)15-12/h5-6,13H,4,7H2,1-3H3,(H,14,15). The number of H-pyrrole nitrogens is 1. The molecule has 1 aromatic heterocycles. The van der Waals surface area contributed by atoms with Gasteiger partial charge in [0.15, 0.2) is 0 Å². The first-order valence-corrected chi connectivity index (χ1v) is 7.49. The molecule has 0 saturated heterocycles. The molecule has 0 aliphatic carbocycles. The Morgan fingerprint density at radius 3 is 2.61 bits per heavy atom. The molecule has 18 heavy (non-hydrogen) atoms. The summed E-state index contributed by atoms with van der Waals surface area (Å²) in [6.07, 6.45) is 0. The van der Waals surface area contributed by atoms with Gasteiger partial charge in [-0.3, -0.25) is 0 Å². The van der Waals surface area contributed by atoms with E-state index < -0.39 is 10.0 Å². The van der Waals surface area contributed by atoms with Gasteiger partial charge < -0.3 is 4.98 Å². The number of imidazole rings is 1. The Hall–Kier alpha value is -1.40. The summed E-state index contributed by atoms with van der Waals surface area (Å²) in [6, 6.07) is 4.02. The molecule has 0 aliphatic rings. The highest BCUT2D eigenvalue weighted by Crippen LogP contribution is 2.17. The first-order valence-electron chi connectivity index (χ1n) is 5.84. The number of aryl methyl sites for hydroxylation is 2. The third-order valence-corrected chi connectivity index (χ3v) is 4.33. The van der Waals surface area contributed by atoms with Gasteiger partial charge in [0.1, 0.15) is 5.82 Å². The van der Waals surface area contributed by atoms with Crippen molar-refractivity contribution in [1.82, 2.24) is 14.7 Å². The molecule has 2 aromatic rings. The lowest BCUT2D eigenvalue weighted by Crippen LogP contribution is -2.25. The Kier molecular flexibility index (Phi) is 3.41. The number of aromatic amines is 1. The number of hydrogen-bond acceptors (Lipinski definition) is 3. The summed E-state index contributed by atoms with van der Waals surface area (Å²) in [7, 11) is -3.18. The van der Waals surface area contributed by atoms with Gasteiger partial charge in [-0.25, -0.2) is 18.1 Å². The monoisotopic (exact) mass is 267 g/mol. The molecule has 0 aliphatic heterocycles. The van der Waals surface area contributed by atoms with E-state index in [0.717, 1.165) is 11.0 Å². The van der Waals surface area contributed by atoms with Crippen molar-refractivity contribution in [2.75, 3.05) is 5.75 Å². The number of hydrogen-bond donors (Lipinski definition) is 2. The Balaban J connectivity index is 2.26. The van der Waals surface area contributed by atoms with E-state index in [4.69, 9.17) is 0 Å². The molecule has 5 nitrogen and oxygen atoms in total. The number of benzene rings is 1. The molecule has 0 radical (unpaired) electrons. The van der Waals surface area contributed by atoms with Gasteiger partial charge in [-0.1, -0.05) is 0 Å². The molecule has 0 amide bonds. The molecular formula is C12H17N3O2S. The zero-order valence-electron chi connectivity index (χ0n) is 10.7. The molecule has 98 valence electrons. The number of aromatic nitrogens is 2. The van der Waals surface area contributed by atoms with Gasteiger partial charge >= 0.3 is 0 Å². The SMILES string of the molecule is CCS(=O)(=O)NCc1nc2cc(C)c(C)cc2[nH]1. The second kappa shape index (κ2) is 4.70. The van der Waals surface area contributed by atoms with Crippen molar-refractivity contribution in [3.8, 4) is 0 Å². The largest absolute Gasteiger partial charge is 0.341 e. The van der Waals surface area contributed by atoms with E-state index >= 15 is 0 Å². The highest BCUT2D eigenvalue weighted by atomic mass is 32.2. The van der Waals surface area contributed by atoms with Crippen LogP contribution in [0.1, 0.15) is 23.9 Å². The summed E-state index contributed by atoms with van der Waals surface area (Å²) < 4.78 is 25.2. The van der Waals surface area contributed by atoms with Crippen LogP contribution in [0.15, 0.2) is 12.1 Å². The molecule has 0 saturated carbocycles. The van der Waals surface area contributed by atoms with Crippen molar-refractivity contribution in [2.45, 2.75) is 27.3 Å². The number of fused-ring (bicyclic) bond motifs is 1. The first-order chi connectivity index (χ1) is 8.41. The Morgan fingerprint density at radius 1 is 1.28 bits per heavy atom. The summed E-state index contributed by atoms with van der Waals surface area (Å²) in [6.45, 7) is 5.87. The smallest absolute Gasteiger partial charge is 0.211 e. The molecule has 1 heterocycles. The van der Waals surface area contributed by atoms with Crippen LogP contribution in [-0.2, 0) is 16.6 Å². The zero-order chi connectivity index (χ0) is 13.3. The van der Waals surface area contributed by atoms with Crippen LogP contribution in [0.4, 0.5) is 0 Å². The molecule has 0 fully saturated rings. The van der Waals surface area contributed by atoms with Gasteiger partial charge in [0.05, 0.1) is 23.3 Å². The summed E-state index contributed by atoms with van der Waals surface area (Å²) in [5, 5.41) is 0. The van der Waals surface area contributed by atoms with Crippen LogP contribution in [-0.4, -0.2) is 24.1 Å². The highest BCUT2D eigenvalue weighted by Gasteiger charge is 2.09. The average molecular weight is 267 g/mol. The minimum absolute atomic E-state index is 0.0748. The van der Waals surface area contributed by atoms with Gasteiger partial charge in [0.2, 0.25) is 10.0 Å². The number of nitrogens with one attached hydrogen (secondary N) is 2. The zero-order valence-corrected chi connectivity index (χ0v) is 11.6. The first kappa shape index (κ1) is 13.0. The molecule has 0 bridgehead atoms. The van der Waals surface area contributed by atoms with E-state index in [0.29, 0.717) is 5.82 Å². The van der Waals surface area contributed by atoms with Crippen LogP contribution < -0.4 is 4.72 Å². The lowest BCUT2D eigenvalue weighted by molar-refractivity contribution is 0.581.